The number of carbonyl (C=O) groups excluding carboxylic acids is 1. The molecule has 1 amide bonds. The van der Waals surface area contributed by atoms with Crippen LogP contribution in [0.1, 0.15) is 35.1 Å². The van der Waals surface area contributed by atoms with E-state index < -0.39 is 10.0 Å². The zero-order valence-corrected chi connectivity index (χ0v) is 18.9. The van der Waals surface area contributed by atoms with Crippen LogP contribution in [0.3, 0.4) is 0 Å². The number of hydrogen-bond acceptors (Lipinski definition) is 4. The Morgan fingerprint density at radius 3 is 2.32 bits per heavy atom. The second kappa shape index (κ2) is 9.78. The first kappa shape index (κ1) is 22.6. The highest BCUT2D eigenvalue weighted by molar-refractivity contribution is 7.92. The number of nitrogens with one attached hydrogen (secondary N) is 1. The number of aromatic nitrogens is 2. The number of nitrogens with zero attached hydrogens (tertiary/aromatic N) is 3. The van der Waals surface area contributed by atoms with Crippen molar-refractivity contribution in [2.45, 2.75) is 38.6 Å². The molecular weight excluding hydrogens is 412 g/mol. The van der Waals surface area contributed by atoms with Gasteiger partial charge in [0.25, 0.3) is 15.9 Å². The molecule has 0 aliphatic carbocycles. The third-order valence-electron chi connectivity index (χ3n) is 4.97. The first-order valence-corrected chi connectivity index (χ1v) is 11.7. The molecule has 1 heterocycles. The van der Waals surface area contributed by atoms with Crippen molar-refractivity contribution in [3.8, 4) is 0 Å². The van der Waals surface area contributed by atoms with E-state index in [9.17, 15) is 13.2 Å². The number of para-hydroxylation sites is 1. The molecule has 1 N–H and O–H groups in total. The van der Waals surface area contributed by atoms with Crippen molar-refractivity contribution in [1.29, 1.82) is 0 Å². The number of rotatable bonds is 9. The van der Waals surface area contributed by atoms with E-state index >= 15 is 0 Å². The number of hydrogen-bond donors (Lipinski definition) is 1. The predicted octanol–water partition coefficient (Wildman–Crippen LogP) is 3.54. The van der Waals surface area contributed by atoms with E-state index in [0.29, 0.717) is 24.3 Å². The maximum Gasteiger partial charge on any atom is 0.264 e. The number of aryl methyl sites for hydroxylation is 3. The van der Waals surface area contributed by atoms with Gasteiger partial charge in [0.15, 0.2) is 0 Å². The predicted molar refractivity (Wildman–Crippen MR) is 122 cm³/mol. The highest BCUT2D eigenvalue weighted by atomic mass is 32.2. The van der Waals surface area contributed by atoms with Crippen LogP contribution in [0.5, 0.6) is 0 Å². The average Bonchev–Trinajstić information content (AvgIpc) is 3.09. The number of carbonyl (C=O) groups is 1. The van der Waals surface area contributed by atoms with Crippen LogP contribution in [0.4, 0.5) is 5.69 Å². The minimum absolute atomic E-state index is 0.152. The second-order valence-electron chi connectivity index (χ2n) is 7.29. The molecule has 0 atom stereocenters. The normalized spacial score (nSPS) is 11.3. The van der Waals surface area contributed by atoms with Gasteiger partial charge in [-0.1, -0.05) is 18.2 Å². The molecule has 0 unspecified atom stereocenters. The molecule has 0 saturated heterocycles. The molecule has 1 aromatic heterocycles. The van der Waals surface area contributed by atoms with Gasteiger partial charge in [0, 0.05) is 30.9 Å². The third kappa shape index (κ3) is 5.32. The molecule has 0 radical (unpaired) electrons. The van der Waals surface area contributed by atoms with Crippen LogP contribution in [0.25, 0.3) is 0 Å². The fraction of sp³-hybridized carbons (Fsp3) is 0.304. The SMILES string of the molecule is CCN(c1ccccc1)S(=O)(=O)c1ccc(C(=O)NCCCn2nc(C)cc2C)cc1. The van der Waals surface area contributed by atoms with Crippen molar-refractivity contribution < 1.29 is 13.2 Å². The summed E-state index contributed by atoms with van der Waals surface area (Å²) in [6.45, 7) is 7.29. The maximum absolute atomic E-state index is 13.0. The maximum atomic E-state index is 13.0. The van der Waals surface area contributed by atoms with Crippen molar-refractivity contribution in [1.82, 2.24) is 15.1 Å². The van der Waals surface area contributed by atoms with Crippen LogP contribution in [0.15, 0.2) is 65.6 Å². The van der Waals surface area contributed by atoms with Gasteiger partial charge >= 0.3 is 0 Å². The topological polar surface area (TPSA) is 84.3 Å². The van der Waals surface area contributed by atoms with Crippen molar-refractivity contribution in [3.63, 3.8) is 0 Å². The zero-order valence-electron chi connectivity index (χ0n) is 18.1. The Kier molecular flexibility index (Phi) is 7.12. The molecule has 8 heteroatoms. The molecule has 0 aliphatic heterocycles. The van der Waals surface area contributed by atoms with E-state index in [-0.39, 0.29) is 10.8 Å². The molecule has 7 nitrogen and oxygen atoms in total. The fourth-order valence-corrected chi connectivity index (χ4v) is 4.90. The van der Waals surface area contributed by atoms with Gasteiger partial charge in [-0.15, -0.1) is 0 Å². The fourth-order valence-electron chi connectivity index (χ4n) is 3.43. The van der Waals surface area contributed by atoms with Crippen LogP contribution in [0.2, 0.25) is 0 Å². The lowest BCUT2D eigenvalue weighted by atomic mass is 10.2. The molecule has 2 aromatic carbocycles. The molecule has 0 aliphatic rings. The van der Waals surface area contributed by atoms with Gasteiger partial charge in [0.1, 0.15) is 0 Å². The van der Waals surface area contributed by atoms with Crippen molar-refractivity contribution in [2.75, 3.05) is 17.4 Å². The first-order valence-electron chi connectivity index (χ1n) is 10.3. The van der Waals surface area contributed by atoms with E-state index in [1.165, 1.54) is 16.4 Å². The highest BCUT2D eigenvalue weighted by Crippen LogP contribution is 2.23. The standard InChI is InChI=1S/C23H28N4O3S/c1-4-27(21-9-6-5-7-10-21)31(29,30)22-13-11-20(12-14-22)23(28)24-15-8-16-26-19(3)17-18(2)25-26/h5-7,9-14,17H,4,8,15-16H2,1-3H3,(H,24,28). The summed E-state index contributed by atoms with van der Waals surface area (Å²) in [4.78, 5) is 12.6. The molecule has 3 rings (SSSR count). The van der Waals surface area contributed by atoms with Gasteiger partial charge in [0.05, 0.1) is 16.3 Å². The van der Waals surface area contributed by atoms with Gasteiger partial charge in [-0.05, 0) is 69.7 Å². The minimum Gasteiger partial charge on any atom is -0.352 e. The van der Waals surface area contributed by atoms with Crippen LogP contribution in [0, 0.1) is 13.8 Å². The molecular formula is C23H28N4O3S. The zero-order chi connectivity index (χ0) is 22.4. The van der Waals surface area contributed by atoms with Crippen LogP contribution in [-0.2, 0) is 16.6 Å². The largest absolute Gasteiger partial charge is 0.352 e. The first-order chi connectivity index (χ1) is 14.8. The smallest absolute Gasteiger partial charge is 0.264 e. The summed E-state index contributed by atoms with van der Waals surface area (Å²) in [5, 5.41) is 7.28. The van der Waals surface area contributed by atoms with Gasteiger partial charge in [-0.25, -0.2) is 8.42 Å². The van der Waals surface area contributed by atoms with Gasteiger partial charge in [0.2, 0.25) is 0 Å². The lowest BCUT2D eigenvalue weighted by Crippen LogP contribution is -2.31. The lowest BCUT2D eigenvalue weighted by molar-refractivity contribution is 0.0952. The van der Waals surface area contributed by atoms with Crippen molar-refractivity contribution >= 4 is 21.6 Å². The third-order valence-corrected chi connectivity index (χ3v) is 6.89. The quantitative estimate of drug-likeness (QED) is 0.516. The summed E-state index contributed by atoms with van der Waals surface area (Å²) in [5.74, 6) is -0.229. The Morgan fingerprint density at radius 2 is 1.74 bits per heavy atom. The Balaban J connectivity index is 1.61. The number of amides is 1. The second-order valence-corrected chi connectivity index (χ2v) is 9.15. The van der Waals surface area contributed by atoms with Crippen molar-refractivity contribution in [3.05, 3.63) is 77.6 Å². The van der Waals surface area contributed by atoms with E-state index in [4.69, 9.17) is 0 Å². The van der Waals surface area contributed by atoms with Crippen LogP contribution in [-0.4, -0.2) is 37.2 Å². The highest BCUT2D eigenvalue weighted by Gasteiger charge is 2.23. The lowest BCUT2D eigenvalue weighted by Gasteiger charge is -2.23. The minimum atomic E-state index is -3.71. The van der Waals surface area contributed by atoms with E-state index in [1.54, 1.807) is 43.3 Å². The summed E-state index contributed by atoms with van der Waals surface area (Å²) in [5.41, 5.74) is 3.10. The molecule has 3 aromatic rings. The molecule has 0 fully saturated rings. The Bertz CT molecular complexity index is 1120. The van der Waals surface area contributed by atoms with Gasteiger partial charge in [-0.2, -0.15) is 5.10 Å². The molecule has 0 spiro atoms. The van der Waals surface area contributed by atoms with Crippen LogP contribution < -0.4 is 9.62 Å². The Morgan fingerprint density at radius 1 is 1.06 bits per heavy atom. The van der Waals surface area contributed by atoms with E-state index in [1.807, 2.05) is 30.7 Å². The molecule has 0 saturated carbocycles. The Hall–Kier alpha value is -3.13. The summed E-state index contributed by atoms with van der Waals surface area (Å²) in [6.07, 6.45) is 0.753. The number of sulfonamides is 1. The summed E-state index contributed by atoms with van der Waals surface area (Å²) >= 11 is 0. The summed E-state index contributed by atoms with van der Waals surface area (Å²) < 4.78 is 29.3. The van der Waals surface area contributed by atoms with E-state index in [0.717, 1.165) is 24.4 Å². The average molecular weight is 441 g/mol. The van der Waals surface area contributed by atoms with Gasteiger partial charge in [-0.3, -0.25) is 13.8 Å². The monoisotopic (exact) mass is 440 g/mol. The number of anilines is 1. The van der Waals surface area contributed by atoms with Gasteiger partial charge < -0.3 is 5.32 Å². The molecule has 31 heavy (non-hydrogen) atoms. The van der Waals surface area contributed by atoms with E-state index in [2.05, 4.69) is 10.4 Å². The van der Waals surface area contributed by atoms with Crippen LogP contribution >= 0.6 is 0 Å². The number of benzene rings is 2. The molecule has 0 bridgehead atoms. The molecule has 164 valence electrons. The summed E-state index contributed by atoms with van der Waals surface area (Å²) in [6, 6.07) is 17.0. The summed E-state index contributed by atoms with van der Waals surface area (Å²) in [7, 11) is -3.71. The van der Waals surface area contributed by atoms with Crippen molar-refractivity contribution in [2.24, 2.45) is 0 Å². The Labute approximate surface area is 183 Å².